The van der Waals surface area contributed by atoms with Crippen molar-refractivity contribution in [3.05, 3.63) is 35.6 Å². The Bertz CT molecular complexity index is 428. The van der Waals surface area contributed by atoms with Crippen LogP contribution in [0.3, 0.4) is 0 Å². The van der Waals surface area contributed by atoms with E-state index < -0.39 is 5.41 Å². The Morgan fingerprint density at radius 2 is 2.21 bits per heavy atom. The topological polar surface area (TPSA) is 50.4 Å². The zero-order valence-electron chi connectivity index (χ0n) is 11.0. The van der Waals surface area contributed by atoms with Crippen LogP contribution < -0.4 is 10.6 Å². The van der Waals surface area contributed by atoms with Crippen molar-refractivity contribution < 1.29 is 13.9 Å². The van der Waals surface area contributed by atoms with Crippen molar-refractivity contribution in [1.82, 2.24) is 10.6 Å². The van der Waals surface area contributed by atoms with Crippen LogP contribution in [0.2, 0.25) is 0 Å². The van der Waals surface area contributed by atoms with E-state index in [-0.39, 0.29) is 11.7 Å². The third-order valence-electron chi connectivity index (χ3n) is 3.51. The van der Waals surface area contributed by atoms with Crippen molar-refractivity contribution in [3.63, 3.8) is 0 Å². The lowest BCUT2D eigenvalue weighted by molar-refractivity contribution is -0.133. The van der Waals surface area contributed by atoms with E-state index in [9.17, 15) is 9.18 Å². The predicted molar refractivity (Wildman–Crippen MR) is 70.0 cm³/mol. The Kier molecular flexibility index (Phi) is 4.50. The number of hydrogen-bond acceptors (Lipinski definition) is 3. The summed E-state index contributed by atoms with van der Waals surface area (Å²) in [6.07, 6.45) is 0.774. The van der Waals surface area contributed by atoms with Crippen LogP contribution in [0.15, 0.2) is 24.3 Å². The Labute approximate surface area is 112 Å². The summed E-state index contributed by atoms with van der Waals surface area (Å²) in [5, 5.41) is 6.10. The fourth-order valence-corrected chi connectivity index (χ4v) is 2.37. The van der Waals surface area contributed by atoms with Gasteiger partial charge in [0.25, 0.3) is 0 Å². The third-order valence-corrected chi connectivity index (χ3v) is 3.51. The number of benzene rings is 1. The van der Waals surface area contributed by atoms with E-state index in [4.69, 9.17) is 4.74 Å². The van der Waals surface area contributed by atoms with Crippen molar-refractivity contribution in [2.45, 2.75) is 13.0 Å². The zero-order chi connectivity index (χ0) is 13.7. The molecular formula is C14H19FN2O2. The monoisotopic (exact) mass is 266 g/mol. The number of hydrogen-bond donors (Lipinski definition) is 2. The summed E-state index contributed by atoms with van der Waals surface area (Å²) in [6.45, 7) is 2.28. The van der Waals surface area contributed by atoms with E-state index in [1.165, 1.54) is 12.1 Å². The summed E-state index contributed by atoms with van der Waals surface area (Å²) in [5.41, 5.74) is 0.405. The standard InChI is InChI=1S/C14H19FN2O2/c1-19-10-14(6-7-16-9-14)13(18)17-8-11-2-4-12(15)5-3-11/h2-5,16H,6-10H2,1H3,(H,17,18). The second-order valence-corrected chi connectivity index (χ2v) is 4.95. The molecule has 2 N–H and O–H groups in total. The average Bonchev–Trinajstić information content (AvgIpc) is 2.88. The normalized spacial score (nSPS) is 22.4. The molecular weight excluding hydrogens is 247 g/mol. The highest BCUT2D eigenvalue weighted by atomic mass is 19.1. The van der Waals surface area contributed by atoms with Gasteiger partial charge in [-0.05, 0) is 30.7 Å². The molecule has 1 aromatic carbocycles. The van der Waals surface area contributed by atoms with Crippen molar-refractivity contribution in [3.8, 4) is 0 Å². The number of carbonyl (C=O) groups is 1. The quantitative estimate of drug-likeness (QED) is 0.838. The molecule has 0 saturated carbocycles. The van der Waals surface area contributed by atoms with Gasteiger partial charge in [-0.3, -0.25) is 4.79 Å². The maximum Gasteiger partial charge on any atom is 0.230 e. The van der Waals surface area contributed by atoms with Crippen molar-refractivity contribution in [2.75, 3.05) is 26.8 Å². The highest BCUT2D eigenvalue weighted by molar-refractivity contribution is 5.83. The Hall–Kier alpha value is -1.46. The summed E-state index contributed by atoms with van der Waals surface area (Å²) < 4.78 is 17.9. The Morgan fingerprint density at radius 1 is 1.47 bits per heavy atom. The summed E-state index contributed by atoms with van der Waals surface area (Å²) in [7, 11) is 1.60. The molecule has 1 fully saturated rings. The molecule has 2 rings (SSSR count). The highest BCUT2D eigenvalue weighted by Crippen LogP contribution is 2.26. The molecule has 1 unspecified atom stereocenters. The van der Waals surface area contributed by atoms with E-state index >= 15 is 0 Å². The number of nitrogens with one attached hydrogen (secondary N) is 2. The van der Waals surface area contributed by atoms with Gasteiger partial charge in [0.15, 0.2) is 0 Å². The Balaban J connectivity index is 1.94. The third kappa shape index (κ3) is 3.30. The van der Waals surface area contributed by atoms with Crippen LogP contribution in [0.4, 0.5) is 4.39 Å². The van der Waals surface area contributed by atoms with Crippen LogP contribution >= 0.6 is 0 Å². The van der Waals surface area contributed by atoms with Crippen molar-refractivity contribution in [2.24, 2.45) is 5.41 Å². The van der Waals surface area contributed by atoms with Gasteiger partial charge in [0.1, 0.15) is 5.82 Å². The van der Waals surface area contributed by atoms with Gasteiger partial charge >= 0.3 is 0 Å². The van der Waals surface area contributed by atoms with E-state index in [1.54, 1.807) is 19.2 Å². The zero-order valence-corrected chi connectivity index (χ0v) is 11.0. The van der Waals surface area contributed by atoms with E-state index in [2.05, 4.69) is 10.6 Å². The molecule has 5 heteroatoms. The molecule has 0 aliphatic carbocycles. The molecule has 1 amide bonds. The van der Waals surface area contributed by atoms with Gasteiger partial charge in [-0.1, -0.05) is 12.1 Å². The maximum atomic E-state index is 12.8. The van der Waals surface area contributed by atoms with Gasteiger partial charge < -0.3 is 15.4 Å². The summed E-state index contributed by atoms with van der Waals surface area (Å²) in [5.74, 6) is -0.283. The van der Waals surface area contributed by atoms with Gasteiger partial charge in [0.2, 0.25) is 5.91 Å². The van der Waals surface area contributed by atoms with Crippen LogP contribution in [-0.2, 0) is 16.1 Å². The fraction of sp³-hybridized carbons (Fsp3) is 0.500. The molecule has 0 radical (unpaired) electrons. The van der Waals surface area contributed by atoms with Crippen LogP contribution in [0.5, 0.6) is 0 Å². The van der Waals surface area contributed by atoms with E-state index in [0.29, 0.717) is 19.7 Å². The number of halogens is 1. The molecule has 4 nitrogen and oxygen atoms in total. The molecule has 0 spiro atoms. The maximum absolute atomic E-state index is 12.8. The predicted octanol–water partition coefficient (Wildman–Crippen LogP) is 1.07. The van der Waals surface area contributed by atoms with Crippen molar-refractivity contribution >= 4 is 5.91 Å². The molecule has 1 heterocycles. The minimum atomic E-state index is -0.477. The van der Waals surface area contributed by atoms with Crippen LogP contribution in [0, 0.1) is 11.2 Å². The average molecular weight is 266 g/mol. The molecule has 1 aromatic rings. The van der Waals surface area contributed by atoms with Crippen molar-refractivity contribution in [1.29, 1.82) is 0 Å². The highest BCUT2D eigenvalue weighted by Gasteiger charge is 2.41. The molecule has 1 saturated heterocycles. The minimum Gasteiger partial charge on any atom is -0.384 e. The summed E-state index contributed by atoms with van der Waals surface area (Å²) >= 11 is 0. The second kappa shape index (κ2) is 6.12. The number of rotatable bonds is 5. The molecule has 1 aliphatic heterocycles. The van der Waals surface area contributed by atoms with E-state index in [0.717, 1.165) is 18.5 Å². The molecule has 19 heavy (non-hydrogen) atoms. The van der Waals surface area contributed by atoms with E-state index in [1.807, 2.05) is 0 Å². The smallest absolute Gasteiger partial charge is 0.230 e. The molecule has 1 atom stereocenters. The second-order valence-electron chi connectivity index (χ2n) is 4.95. The van der Waals surface area contributed by atoms with Crippen LogP contribution in [0.1, 0.15) is 12.0 Å². The van der Waals surface area contributed by atoms with Gasteiger partial charge in [0.05, 0.1) is 12.0 Å². The van der Waals surface area contributed by atoms with Gasteiger partial charge in [0, 0.05) is 20.2 Å². The first kappa shape index (κ1) is 14.0. The van der Waals surface area contributed by atoms with Gasteiger partial charge in [-0.2, -0.15) is 0 Å². The Morgan fingerprint density at radius 3 is 2.79 bits per heavy atom. The number of methoxy groups -OCH3 is 1. The fourth-order valence-electron chi connectivity index (χ4n) is 2.37. The van der Waals surface area contributed by atoms with Crippen LogP contribution in [0.25, 0.3) is 0 Å². The number of ether oxygens (including phenoxy) is 1. The van der Waals surface area contributed by atoms with Gasteiger partial charge in [-0.25, -0.2) is 4.39 Å². The number of amides is 1. The summed E-state index contributed by atoms with van der Waals surface area (Å²) in [4.78, 5) is 12.3. The molecule has 0 bridgehead atoms. The number of carbonyl (C=O) groups excluding carboxylic acids is 1. The minimum absolute atomic E-state index is 0.0105. The van der Waals surface area contributed by atoms with Crippen LogP contribution in [-0.4, -0.2) is 32.7 Å². The first-order chi connectivity index (χ1) is 9.16. The SMILES string of the molecule is COCC1(C(=O)NCc2ccc(F)cc2)CCNC1. The first-order valence-electron chi connectivity index (χ1n) is 6.39. The van der Waals surface area contributed by atoms with Gasteiger partial charge in [-0.15, -0.1) is 0 Å². The lowest BCUT2D eigenvalue weighted by Gasteiger charge is -2.25. The molecule has 0 aromatic heterocycles. The first-order valence-corrected chi connectivity index (χ1v) is 6.39. The molecule has 104 valence electrons. The lowest BCUT2D eigenvalue weighted by atomic mass is 9.87. The summed E-state index contributed by atoms with van der Waals surface area (Å²) in [6, 6.07) is 6.13. The largest absolute Gasteiger partial charge is 0.384 e. The molecule has 1 aliphatic rings. The lowest BCUT2D eigenvalue weighted by Crippen LogP contribution is -2.45.